The minimum absolute atomic E-state index is 0.0597. The van der Waals surface area contributed by atoms with E-state index in [1.807, 2.05) is 7.05 Å². The van der Waals surface area contributed by atoms with Crippen LogP contribution in [0.4, 0.5) is 0 Å². The van der Waals surface area contributed by atoms with Crippen LogP contribution in [0.25, 0.3) is 0 Å². The summed E-state index contributed by atoms with van der Waals surface area (Å²) in [6.45, 7) is 1.45. The van der Waals surface area contributed by atoms with Crippen LogP contribution in [-0.4, -0.2) is 44.6 Å². The number of nitrogens with one attached hydrogen (secondary N) is 1. The molecule has 5 nitrogen and oxygen atoms in total. The van der Waals surface area contributed by atoms with Gasteiger partial charge in [-0.25, -0.2) is 13.1 Å². The number of aromatic hydroxyl groups is 1. The third kappa shape index (κ3) is 3.01. The molecule has 6 heteroatoms. The number of benzene rings is 1. The van der Waals surface area contributed by atoms with Gasteiger partial charge < -0.3 is 10.0 Å². The van der Waals surface area contributed by atoms with Crippen LogP contribution < -0.4 is 4.72 Å². The summed E-state index contributed by atoms with van der Waals surface area (Å²) in [4.78, 5) is 2.35. The number of hydrogen-bond acceptors (Lipinski definition) is 4. The number of likely N-dealkylation sites (N-methyl/N-ethyl adjacent to an activating group) is 1. The van der Waals surface area contributed by atoms with Crippen molar-refractivity contribution < 1.29 is 13.5 Å². The predicted octanol–water partition coefficient (Wildman–Crippen LogP) is 0.765. The molecule has 0 bridgehead atoms. The Bertz CT molecular complexity index is 499. The van der Waals surface area contributed by atoms with E-state index in [2.05, 4.69) is 9.62 Å². The molecule has 0 aliphatic carbocycles. The standard InChI is InChI=1S/C12H18N2O3S/c1-14-8-2-3-10(14)9-13-18(16,17)12-6-4-11(15)5-7-12/h4-7,10,13,15H,2-3,8-9H2,1H3. The summed E-state index contributed by atoms with van der Waals surface area (Å²) in [5.41, 5.74) is 0. The summed E-state index contributed by atoms with van der Waals surface area (Å²) in [5, 5.41) is 9.14. The number of hydrogen-bond donors (Lipinski definition) is 2. The summed E-state index contributed by atoms with van der Waals surface area (Å²) in [5.74, 6) is 0.0597. The van der Waals surface area contributed by atoms with Crippen LogP contribution in [0.15, 0.2) is 29.2 Å². The molecule has 100 valence electrons. The van der Waals surface area contributed by atoms with E-state index < -0.39 is 10.0 Å². The first-order chi connectivity index (χ1) is 8.49. The molecule has 1 atom stereocenters. The molecule has 1 aliphatic heterocycles. The highest BCUT2D eigenvalue weighted by atomic mass is 32.2. The normalized spacial score (nSPS) is 21.3. The topological polar surface area (TPSA) is 69.6 Å². The van der Waals surface area contributed by atoms with E-state index in [0.29, 0.717) is 6.54 Å². The SMILES string of the molecule is CN1CCCC1CNS(=O)(=O)c1ccc(O)cc1. The molecule has 1 heterocycles. The van der Waals surface area contributed by atoms with Crippen molar-refractivity contribution in [2.75, 3.05) is 20.1 Å². The fourth-order valence-electron chi connectivity index (χ4n) is 2.15. The predicted molar refractivity (Wildman–Crippen MR) is 68.9 cm³/mol. The second kappa shape index (κ2) is 5.26. The van der Waals surface area contributed by atoms with Gasteiger partial charge in [0.1, 0.15) is 5.75 Å². The second-order valence-electron chi connectivity index (χ2n) is 4.62. The fourth-order valence-corrected chi connectivity index (χ4v) is 3.22. The third-order valence-corrected chi connectivity index (χ3v) is 4.77. The molecule has 1 saturated heterocycles. The van der Waals surface area contributed by atoms with Crippen LogP contribution in [0.3, 0.4) is 0 Å². The lowest BCUT2D eigenvalue weighted by Gasteiger charge is -2.19. The van der Waals surface area contributed by atoms with Crippen molar-refractivity contribution in [1.82, 2.24) is 9.62 Å². The Balaban J connectivity index is 2.01. The van der Waals surface area contributed by atoms with Gasteiger partial charge in [-0.3, -0.25) is 0 Å². The Morgan fingerprint density at radius 1 is 1.39 bits per heavy atom. The highest BCUT2D eigenvalue weighted by molar-refractivity contribution is 7.89. The molecule has 18 heavy (non-hydrogen) atoms. The van der Waals surface area contributed by atoms with E-state index in [1.165, 1.54) is 24.3 Å². The van der Waals surface area contributed by atoms with Gasteiger partial charge in [0.15, 0.2) is 0 Å². The van der Waals surface area contributed by atoms with Crippen molar-refractivity contribution in [1.29, 1.82) is 0 Å². The first-order valence-electron chi connectivity index (χ1n) is 5.98. The van der Waals surface area contributed by atoms with E-state index in [0.717, 1.165) is 19.4 Å². The molecule has 0 saturated carbocycles. The maximum Gasteiger partial charge on any atom is 0.240 e. The van der Waals surface area contributed by atoms with E-state index in [9.17, 15) is 8.42 Å². The second-order valence-corrected chi connectivity index (χ2v) is 6.39. The quantitative estimate of drug-likeness (QED) is 0.847. The number of rotatable bonds is 4. The maximum atomic E-state index is 12.0. The van der Waals surface area contributed by atoms with Crippen molar-refractivity contribution in [2.45, 2.75) is 23.8 Å². The Morgan fingerprint density at radius 3 is 2.61 bits per heavy atom. The van der Waals surface area contributed by atoms with E-state index in [4.69, 9.17) is 5.11 Å². The zero-order chi connectivity index (χ0) is 13.2. The van der Waals surface area contributed by atoms with Crippen LogP contribution in [0.1, 0.15) is 12.8 Å². The van der Waals surface area contributed by atoms with Crippen LogP contribution >= 0.6 is 0 Å². The van der Waals surface area contributed by atoms with Crippen LogP contribution in [0.2, 0.25) is 0 Å². The average Bonchev–Trinajstić information content (AvgIpc) is 2.73. The van der Waals surface area contributed by atoms with Crippen LogP contribution in [-0.2, 0) is 10.0 Å². The van der Waals surface area contributed by atoms with Crippen molar-refractivity contribution in [3.05, 3.63) is 24.3 Å². The number of phenolic OH excluding ortho intramolecular Hbond substituents is 1. The number of likely N-dealkylation sites (tertiary alicyclic amines) is 1. The smallest absolute Gasteiger partial charge is 0.240 e. The minimum atomic E-state index is -3.48. The average molecular weight is 270 g/mol. The third-order valence-electron chi connectivity index (χ3n) is 3.33. The lowest BCUT2D eigenvalue weighted by atomic mass is 10.2. The van der Waals surface area contributed by atoms with Crippen molar-refractivity contribution in [2.24, 2.45) is 0 Å². The van der Waals surface area contributed by atoms with Crippen molar-refractivity contribution in [3.8, 4) is 5.75 Å². The van der Waals surface area contributed by atoms with Gasteiger partial charge in [0.25, 0.3) is 0 Å². The molecule has 0 amide bonds. The number of nitrogens with zero attached hydrogens (tertiary/aromatic N) is 1. The van der Waals surface area contributed by atoms with Gasteiger partial charge in [0.2, 0.25) is 10.0 Å². The zero-order valence-corrected chi connectivity index (χ0v) is 11.2. The molecule has 1 aromatic rings. The highest BCUT2D eigenvalue weighted by Crippen LogP contribution is 2.16. The van der Waals surface area contributed by atoms with Crippen molar-refractivity contribution in [3.63, 3.8) is 0 Å². The highest BCUT2D eigenvalue weighted by Gasteiger charge is 2.23. The molecule has 1 unspecified atom stereocenters. The van der Waals surface area contributed by atoms with Gasteiger partial charge in [0.05, 0.1) is 4.90 Å². The molecule has 2 N–H and O–H groups in total. The molecule has 0 spiro atoms. The lowest BCUT2D eigenvalue weighted by molar-refractivity contribution is 0.311. The van der Waals surface area contributed by atoms with E-state index in [1.54, 1.807) is 0 Å². The van der Waals surface area contributed by atoms with Gasteiger partial charge in [0, 0.05) is 12.6 Å². The summed E-state index contributed by atoms with van der Waals surface area (Å²) in [7, 11) is -1.47. The first-order valence-corrected chi connectivity index (χ1v) is 7.46. The first kappa shape index (κ1) is 13.3. The summed E-state index contributed by atoms with van der Waals surface area (Å²) < 4.78 is 26.6. The Labute approximate surface area is 107 Å². The van der Waals surface area contributed by atoms with Gasteiger partial charge in [-0.05, 0) is 50.7 Å². The molecular weight excluding hydrogens is 252 g/mol. The summed E-state index contributed by atoms with van der Waals surface area (Å²) in [6.07, 6.45) is 2.14. The van der Waals surface area contributed by atoms with Crippen LogP contribution in [0, 0.1) is 0 Å². The fraction of sp³-hybridized carbons (Fsp3) is 0.500. The molecule has 0 radical (unpaired) electrons. The maximum absolute atomic E-state index is 12.0. The summed E-state index contributed by atoms with van der Waals surface area (Å²) in [6, 6.07) is 5.82. The minimum Gasteiger partial charge on any atom is -0.508 e. The number of phenols is 1. The molecule has 0 aromatic heterocycles. The largest absolute Gasteiger partial charge is 0.508 e. The van der Waals surface area contributed by atoms with E-state index in [-0.39, 0.29) is 16.7 Å². The molecular formula is C12H18N2O3S. The Kier molecular flexibility index (Phi) is 3.89. The van der Waals surface area contributed by atoms with Gasteiger partial charge in [-0.1, -0.05) is 0 Å². The Morgan fingerprint density at radius 2 is 2.06 bits per heavy atom. The molecule has 2 rings (SSSR count). The van der Waals surface area contributed by atoms with Gasteiger partial charge >= 0.3 is 0 Å². The lowest BCUT2D eigenvalue weighted by Crippen LogP contribution is -2.38. The number of sulfonamides is 1. The monoisotopic (exact) mass is 270 g/mol. The Hall–Kier alpha value is -1.11. The van der Waals surface area contributed by atoms with Gasteiger partial charge in [-0.2, -0.15) is 0 Å². The zero-order valence-electron chi connectivity index (χ0n) is 10.3. The van der Waals surface area contributed by atoms with Crippen molar-refractivity contribution >= 4 is 10.0 Å². The van der Waals surface area contributed by atoms with Crippen LogP contribution in [0.5, 0.6) is 5.75 Å². The molecule has 1 aromatic carbocycles. The molecule has 1 fully saturated rings. The van der Waals surface area contributed by atoms with Gasteiger partial charge in [-0.15, -0.1) is 0 Å². The van der Waals surface area contributed by atoms with E-state index >= 15 is 0 Å². The molecule has 1 aliphatic rings. The summed E-state index contributed by atoms with van der Waals surface area (Å²) >= 11 is 0.